The third kappa shape index (κ3) is 3.68. The fraction of sp³-hybridized carbons (Fsp3) is 0.556. The van der Waals surface area contributed by atoms with Crippen molar-refractivity contribution in [3.05, 3.63) is 18.0 Å². The average molecular weight is 198 g/mol. The minimum absolute atomic E-state index is 0.152. The van der Waals surface area contributed by atoms with Gasteiger partial charge in [0.05, 0.1) is 13.7 Å². The van der Waals surface area contributed by atoms with E-state index in [1.165, 1.54) is 7.11 Å². The van der Waals surface area contributed by atoms with E-state index in [1.54, 1.807) is 12.4 Å². The van der Waals surface area contributed by atoms with E-state index < -0.39 is 0 Å². The molecule has 0 radical (unpaired) electrons. The monoisotopic (exact) mass is 198 g/mol. The van der Waals surface area contributed by atoms with Crippen LogP contribution in [-0.2, 0) is 11.3 Å². The van der Waals surface area contributed by atoms with Gasteiger partial charge < -0.3 is 14.6 Å². The van der Waals surface area contributed by atoms with Crippen LogP contribution >= 0.6 is 0 Å². The highest BCUT2D eigenvalue weighted by Crippen LogP contribution is 2.02. The Morgan fingerprint density at radius 3 is 2.64 bits per heavy atom. The number of methoxy groups -OCH3 is 1. The van der Waals surface area contributed by atoms with E-state index in [4.69, 9.17) is 14.6 Å². The predicted octanol–water partition coefficient (Wildman–Crippen LogP) is 0.384. The largest absolute Gasteiger partial charge is 0.467 e. The first-order chi connectivity index (χ1) is 6.86. The Bertz CT molecular complexity index is 251. The molecule has 1 heterocycles. The van der Waals surface area contributed by atoms with E-state index in [2.05, 4.69) is 9.97 Å². The summed E-state index contributed by atoms with van der Waals surface area (Å²) in [5.74, 6) is 0. The SMILES string of the molecule is COc1ncc(COCCCO)cn1. The Labute approximate surface area is 82.7 Å². The highest BCUT2D eigenvalue weighted by molar-refractivity contribution is 5.05. The molecule has 1 aromatic rings. The zero-order valence-electron chi connectivity index (χ0n) is 8.14. The summed E-state index contributed by atoms with van der Waals surface area (Å²) >= 11 is 0. The topological polar surface area (TPSA) is 64.5 Å². The summed E-state index contributed by atoms with van der Waals surface area (Å²) in [5.41, 5.74) is 0.892. The van der Waals surface area contributed by atoms with Crippen molar-refractivity contribution in [3.8, 4) is 6.01 Å². The molecule has 0 aliphatic rings. The molecule has 0 aliphatic carbocycles. The van der Waals surface area contributed by atoms with Gasteiger partial charge in [-0.1, -0.05) is 0 Å². The Kier molecular flexibility index (Phi) is 4.88. The summed E-state index contributed by atoms with van der Waals surface area (Å²) in [6, 6.07) is 0.351. The first kappa shape index (κ1) is 10.9. The van der Waals surface area contributed by atoms with Crippen molar-refractivity contribution in [2.24, 2.45) is 0 Å². The predicted molar refractivity (Wildman–Crippen MR) is 49.9 cm³/mol. The lowest BCUT2D eigenvalue weighted by atomic mass is 10.4. The van der Waals surface area contributed by atoms with Crippen LogP contribution in [0.2, 0.25) is 0 Å². The second-order valence-electron chi connectivity index (χ2n) is 2.71. The summed E-state index contributed by atoms with van der Waals surface area (Å²) < 4.78 is 10.1. The van der Waals surface area contributed by atoms with Crippen LogP contribution in [0, 0.1) is 0 Å². The maximum atomic E-state index is 8.51. The van der Waals surface area contributed by atoms with E-state index >= 15 is 0 Å². The van der Waals surface area contributed by atoms with Crippen molar-refractivity contribution < 1.29 is 14.6 Å². The molecular formula is C9H14N2O3. The minimum atomic E-state index is 0.152. The Morgan fingerprint density at radius 2 is 2.07 bits per heavy atom. The van der Waals surface area contributed by atoms with Crippen molar-refractivity contribution in [1.29, 1.82) is 0 Å². The molecule has 1 rings (SSSR count). The van der Waals surface area contributed by atoms with Crippen LogP contribution in [0.15, 0.2) is 12.4 Å². The maximum Gasteiger partial charge on any atom is 0.316 e. The van der Waals surface area contributed by atoms with Crippen LogP contribution in [0.4, 0.5) is 0 Å². The summed E-state index contributed by atoms with van der Waals surface area (Å²) in [6.07, 6.45) is 3.96. The molecule has 1 aromatic heterocycles. The summed E-state index contributed by atoms with van der Waals surface area (Å²) in [7, 11) is 1.52. The lowest BCUT2D eigenvalue weighted by Crippen LogP contribution is -1.99. The number of nitrogens with zero attached hydrogens (tertiary/aromatic N) is 2. The van der Waals surface area contributed by atoms with Gasteiger partial charge in [-0.2, -0.15) is 0 Å². The molecule has 0 unspecified atom stereocenters. The number of aromatic nitrogens is 2. The highest BCUT2D eigenvalue weighted by Gasteiger charge is 1.96. The molecule has 0 saturated heterocycles. The van der Waals surface area contributed by atoms with Gasteiger partial charge in [-0.05, 0) is 6.42 Å². The van der Waals surface area contributed by atoms with Crippen LogP contribution in [0.5, 0.6) is 6.01 Å². The Hall–Kier alpha value is -1.20. The zero-order chi connectivity index (χ0) is 10.2. The van der Waals surface area contributed by atoms with Crippen LogP contribution in [0.1, 0.15) is 12.0 Å². The Morgan fingerprint density at radius 1 is 1.36 bits per heavy atom. The fourth-order valence-electron chi connectivity index (χ4n) is 0.880. The second-order valence-corrected chi connectivity index (χ2v) is 2.71. The molecule has 0 bridgehead atoms. The van der Waals surface area contributed by atoms with Gasteiger partial charge in [-0.15, -0.1) is 0 Å². The third-order valence-electron chi connectivity index (χ3n) is 1.58. The fourth-order valence-corrected chi connectivity index (χ4v) is 0.880. The standard InChI is InChI=1S/C9H14N2O3/c1-13-9-10-5-8(6-11-9)7-14-4-2-3-12/h5-6,12H,2-4,7H2,1H3. The first-order valence-electron chi connectivity index (χ1n) is 4.40. The Balaban J connectivity index is 2.29. The number of aliphatic hydroxyl groups excluding tert-OH is 1. The molecule has 78 valence electrons. The third-order valence-corrected chi connectivity index (χ3v) is 1.58. The van der Waals surface area contributed by atoms with Gasteiger partial charge in [0.2, 0.25) is 0 Å². The molecule has 5 nitrogen and oxygen atoms in total. The number of rotatable bonds is 6. The summed E-state index contributed by atoms with van der Waals surface area (Å²) in [5, 5.41) is 8.51. The van der Waals surface area contributed by atoms with Gasteiger partial charge in [-0.25, -0.2) is 9.97 Å². The molecule has 0 aliphatic heterocycles. The molecule has 1 N–H and O–H groups in total. The normalized spacial score (nSPS) is 10.1. The number of aliphatic hydroxyl groups is 1. The van der Waals surface area contributed by atoms with Crippen LogP contribution in [0.3, 0.4) is 0 Å². The van der Waals surface area contributed by atoms with E-state index in [0.717, 1.165) is 5.56 Å². The van der Waals surface area contributed by atoms with Crippen molar-refractivity contribution in [1.82, 2.24) is 9.97 Å². The quantitative estimate of drug-likeness (QED) is 0.669. The molecule has 0 amide bonds. The molecule has 5 heteroatoms. The van der Waals surface area contributed by atoms with Crippen molar-refractivity contribution in [2.45, 2.75) is 13.0 Å². The van der Waals surface area contributed by atoms with E-state index in [1.807, 2.05) is 0 Å². The van der Waals surface area contributed by atoms with E-state index in [9.17, 15) is 0 Å². The average Bonchev–Trinajstić information content (AvgIpc) is 2.25. The smallest absolute Gasteiger partial charge is 0.316 e. The number of hydrogen-bond donors (Lipinski definition) is 1. The summed E-state index contributed by atoms with van der Waals surface area (Å²) in [4.78, 5) is 7.87. The molecule has 0 aromatic carbocycles. The highest BCUT2D eigenvalue weighted by atomic mass is 16.5. The van der Waals surface area contributed by atoms with Gasteiger partial charge in [0.1, 0.15) is 0 Å². The molecular weight excluding hydrogens is 184 g/mol. The van der Waals surface area contributed by atoms with Crippen LogP contribution < -0.4 is 4.74 Å². The lowest BCUT2D eigenvalue weighted by Gasteiger charge is -2.02. The number of ether oxygens (including phenoxy) is 2. The van der Waals surface area contributed by atoms with Crippen molar-refractivity contribution >= 4 is 0 Å². The van der Waals surface area contributed by atoms with Gasteiger partial charge in [0.15, 0.2) is 0 Å². The summed E-state index contributed by atoms with van der Waals surface area (Å²) in [6.45, 7) is 1.16. The molecule has 0 fully saturated rings. The van der Waals surface area contributed by atoms with Gasteiger partial charge in [-0.3, -0.25) is 0 Å². The van der Waals surface area contributed by atoms with E-state index in [-0.39, 0.29) is 6.61 Å². The first-order valence-corrected chi connectivity index (χ1v) is 4.40. The molecule has 14 heavy (non-hydrogen) atoms. The second kappa shape index (κ2) is 6.28. The van der Waals surface area contributed by atoms with E-state index in [0.29, 0.717) is 25.6 Å². The van der Waals surface area contributed by atoms with Crippen LogP contribution in [0.25, 0.3) is 0 Å². The maximum absolute atomic E-state index is 8.51. The zero-order valence-corrected chi connectivity index (χ0v) is 8.14. The van der Waals surface area contributed by atoms with Gasteiger partial charge >= 0.3 is 6.01 Å². The van der Waals surface area contributed by atoms with Gasteiger partial charge in [0.25, 0.3) is 0 Å². The molecule has 0 atom stereocenters. The minimum Gasteiger partial charge on any atom is -0.467 e. The van der Waals surface area contributed by atoms with Crippen molar-refractivity contribution in [3.63, 3.8) is 0 Å². The molecule has 0 saturated carbocycles. The van der Waals surface area contributed by atoms with Crippen molar-refractivity contribution in [2.75, 3.05) is 20.3 Å². The van der Waals surface area contributed by atoms with Gasteiger partial charge in [0, 0.05) is 31.2 Å². The molecule has 0 spiro atoms. The van der Waals surface area contributed by atoms with Crippen LogP contribution in [-0.4, -0.2) is 35.4 Å². The lowest BCUT2D eigenvalue weighted by molar-refractivity contribution is 0.104. The number of hydrogen-bond acceptors (Lipinski definition) is 5.